The van der Waals surface area contributed by atoms with Crippen LogP contribution in [-0.2, 0) is 12.8 Å². The summed E-state index contributed by atoms with van der Waals surface area (Å²) in [5.41, 5.74) is 2.18. The highest BCUT2D eigenvalue weighted by Crippen LogP contribution is 2.41. The average molecular weight is 299 g/mol. The standard InChI is InChI=1S/C20H26FN/c1-2-3-14-4-6-15(7-5-14)16-10-11-19-17(12-16)8-9-18(13-22)20(19)21/h8-9,14-16H,2-7,10-12H2,1H3. The topological polar surface area (TPSA) is 23.8 Å². The zero-order chi connectivity index (χ0) is 15.5. The van der Waals surface area contributed by atoms with Gasteiger partial charge in [-0.05, 0) is 67.1 Å². The van der Waals surface area contributed by atoms with E-state index in [1.54, 1.807) is 6.07 Å². The molecule has 118 valence electrons. The summed E-state index contributed by atoms with van der Waals surface area (Å²) in [6.07, 6.45) is 11.1. The van der Waals surface area contributed by atoms with Crippen LogP contribution in [0.3, 0.4) is 0 Å². The van der Waals surface area contributed by atoms with Gasteiger partial charge in [-0.3, -0.25) is 0 Å². The predicted molar refractivity (Wildman–Crippen MR) is 87.0 cm³/mol. The lowest BCUT2D eigenvalue weighted by Gasteiger charge is -2.36. The Morgan fingerprint density at radius 2 is 1.91 bits per heavy atom. The number of nitrogens with zero attached hydrogens (tertiary/aromatic N) is 1. The van der Waals surface area contributed by atoms with Crippen molar-refractivity contribution >= 4 is 0 Å². The van der Waals surface area contributed by atoms with Gasteiger partial charge in [0.05, 0.1) is 5.56 Å². The molecule has 1 aromatic carbocycles. The van der Waals surface area contributed by atoms with E-state index < -0.39 is 0 Å². The van der Waals surface area contributed by atoms with Crippen LogP contribution < -0.4 is 0 Å². The molecule has 2 heteroatoms. The number of fused-ring (bicyclic) bond motifs is 1. The number of halogens is 1. The Morgan fingerprint density at radius 3 is 2.59 bits per heavy atom. The highest BCUT2D eigenvalue weighted by atomic mass is 19.1. The minimum Gasteiger partial charge on any atom is -0.205 e. The fourth-order valence-corrected chi connectivity index (χ4v) is 4.68. The Labute approximate surface area is 133 Å². The first-order valence-corrected chi connectivity index (χ1v) is 8.93. The van der Waals surface area contributed by atoms with Crippen molar-refractivity contribution in [1.29, 1.82) is 5.26 Å². The summed E-state index contributed by atoms with van der Waals surface area (Å²) >= 11 is 0. The van der Waals surface area contributed by atoms with Gasteiger partial charge >= 0.3 is 0 Å². The minimum atomic E-state index is -0.259. The van der Waals surface area contributed by atoms with Crippen LogP contribution >= 0.6 is 0 Å². The van der Waals surface area contributed by atoms with E-state index in [1.807, 2.05) is 12.1 Å². The van der Waals surface area contributed by atoms with Crippen molar-refractivity contribution in [2.75, 3.05) is 0 Å². The fourth-order valence-electron chi connectivity index (χ4n) is 4.68. The van der Waals surface area contributed by atoms with Crippen LogP contribution in [0.25, 0.3) is 0 Å². The van der Waals surface area contributed by atoms with Crippen LogP contribution in [0.4, 0.5) is 4.39 Å². The zero-order valence-electron chi connectivity index (χ0n) is 13.6. The molecule has 0 aromatic heterocycles. The van der Waals surface area contributed by atoms with Gasteiger partial charge in [-0.25, -0.2) is 4.39 Å². The minimum absolute atomic E-state index is 0.206. The number of rotatable bonds is 3. The molecule has 0 amide bonds. The van der Waals surface area contributed by atoms with Gasteiger partial charge in [0.15, 0.2) is 0 Å². The van der Waals surface area contributed by atoms with Crippen molar-refractivity contribution in [2.45, 2.75) is 64.7 Å². The van der Waals surface area contributed by atoms with Gasteiger partial charge in [-0.2, -0.15) is 5.26 Å². The maximum atomic E-state index is 14.2. The third kappa shape index (κ3) is 3.05. The first-order valence-electron chi connectivity index (χ1n) is 8.93. The van der Waals surface area contributed by atoms with E-state index in [-0.39, 0.29) is 11.4 Å². The first kappa shape index (κ1) is 15.5. The monoisotopic (exact) mass is 299 g/mol. The van der Waals surface area contributed by atoms with Crippen LogP contribution in [0.5, 0.6) is 0 Å². The van der Waals surface area contributed by atoms with E-state index in [0.717, 1.165) is 48.1 Å². The van der Waals surface area contributed by atoms with Crippen molar-refractivity contribution in [2.24, 2.45) is 17.8 Å². The lowest BCUT2D eigenvalue weighted by molar-refractivity contribution is 0.183. The third-order valence-corrected chi connectivity index (χ3v) is 5.96. The second-order valence-electron chi connectivity index (χ2n) is 7.25. The van der Waals surface area contributed by atoms with Crippen molar-refractivity contribution in [3.63, 3.8) is 0 Å². The van der Waals surface area contributed by atoms with Gasteiger partial charge in [-0.15, -0.1) is 0 Å². The van der Waals surface area contributed by atoms with E-state index >= 15 is 0 Å². The molecule has 3 rings (SSSR count). The van der Waals surface area contributed by atoms with E-state index in [0.29, 0.717) is 0 Å². The Morgan fingerprint density at radius 1 is 1.14 bits per heavy atom. The molecule has 1 saturated carbocycles. The predicted octanol–water partition coefficient (Wildman–Crippen LogP) is 5.41. The molecule has 0 bridgehead atoms. The van der Waals surface area contributed by atoms with Crippen LogP contribution in [0.15, 0.2) is 12.1 Å². The SMILES string of the molecule is CCCC1CCC(C2CCc3c(ccc(C#N)c3F)C2)CC1. The molecule has 2 aliphatic carbocycles. The maximum absolute atomic E-state index is 14.2. The highest BCUT2D eigenvalue weighted by Gasteiger charge is 2.31. The summed E-state index contributed by atoms with van der Waals surface area (Å²) in [5, 5.41) is 8.95. The van der Waals surface area contributed by atoms with Crippen LogP contribution in [0, 0.1) is 34.9 Å². The highest BCUT2D eigenvalue weighted by molar-refractivity contribution is 5.41. The molecule has 0 saturated heterocycles. The van der Waals surface area contributed by atoms with Crippen LogP contribution in [-0.4, -0.2) is 0 Å². The molecular weight excluding hydrogens is 273 g/mol. The first-order chi connectivity index (χ1) is 10.7. The maximum Gasteiger partial charge on any atom is 0.144 e. The summed E-state index contributed by atoms with van der Waals surface area (Å²) in [6, 6.07) is 5.62. The smallest absolute Gasteiger partial charge is 0.144 e. The number of hydrogen-bond donors (Lipinski definition) is 0. The largest absolute Gasteiger partial charge is 0.205 e. The molecule has 0 aliphatic heterocycles. The molecule has 1 fully saturated rings. The van der Waals surface area contributed by atoms with Crippen molar-refractivity contribution in [3.8, 4) is 6.07 Å². The van der Waals surface area contributed by atoms with Crippen LogP contribution in [0.1, 0.15) is 68.6 Å². The van der Waals surface area contributed by atoms with Gasteiger partial charge in [0.2, 0.25) is 0 Å². The van der Waals surface area contributed by atoms with Crippen molar-refractivity contribution in [1.82, 2.24) is 0 Å². The molecule has 0 heterocycles. The quantitative estimate of drug-likeness (QED) is 0.732. The summed E-state index contributed by atoms with van der Waals surface area (Å²) in [4.78, 5) is 0. The van der Waals surface area contributed by atoms with Gasteiger partial charge in [0.1, 0.15) is 11.9 Å². The molecule has 0 radical (unpaired) electrons. The molecule has 1 aromatic rings. The average Bonchev–Trinajstić information content (AvgIpc) is 2.56. The van der Waals surface area contributed by atoms with Gasteiger partial charge < -0.3 is 0 Å². The Kier molecular flexibility index (Phi) is 4.81. The number of hydrogen-bond acceptors (Lipinski definition) is 1. The lowest BCUT2D eigenvalue weighted by atomic mass is 9.69. The van der Waals surface area contributed by atoms with Gasteiger partial charge in [0.25, 0.3) is 0 Å². The van der Waals surface area contributed by atoms with Gasteiger partial charge in [0, 0.05) is 0 Å². The van der Waals surface area contributed by atoms with E-state index in [2.05, 4.69) is 6.92 Å². The lowest BCUT2D eigenvalue weighted by Crippen LogP contribution is -2.27. The molecular formula is C20H26FN. The number of nitriles is 1. The molecule has 1 nitrogen and oxygen atoms in total. The molecule has 22 heavy (non-hydrogen) atoms. The molecule has 0 spiro atoms. The molecule has 2 aliphatic rings. The Hall–Kier alpha value is -1.36. The van der Waals surface area contributed by atoms with E-state index in [1.165, 1.54) is 38.5 Å². The summed E-state index contributed by atoms with van der Waals surface area (Å²) in [5.74, 6) is 2.25. The molecule has 1 unspecified atom stereocenters. The van der Waals surface area contributed by atoms with Crippen LogP contribution in [0.2, 0.25) is 0 Å². The number of benzene rings is 1. The molecule has 0 N–H and O–H groups in total. The molecule has 1 atom stereocenters. The van der Waals surface area contributed by atoms with Crippen molar-refractivity contribution < 1.29 is 4.39 Å². The normalized spacial score (nSPS) is 28.0. The zero-order valence-corrected chi connectivity index (χ0v) is 13.6. The fraction of sp³-hybridized carbons (Fsp3) is 0.650. The Balaban J connectivity index is 1.66. The summed E-state index contributed by atoms with van der Waals surface area (Å²) < 4.78 is 14.2. The van der Waals surface area contributed by atoms with E-state index in [4.69, 9.17) is 5.26 Å². The van der Waals surface area contributed by atoms with Gasteiger partial charge in [-0.1, -0.05) is 38.7 Å². The Bertz CT molecular complexity index is 564. The third-order valence-electron chi connectivity index (χ3n) is 5.96. The summed E-state index contributed by atoms with van der Waals surface area (Å²) in [6.45, 7) is 2.29. The van der Waals surface area contributed by atoms with E-state index in [9.17, 15) is 4.39 Å². The second-order valence-corrected chi connectivity index (χ2v) is 7.25. The van der Waals surface area contributed by atoms with Crippen molar-refractivity contribution in [3.05, 3.63) is 34.6 Å². The summed E-state index contributed by atoms with van der Waals surface area (Å²) in [7, 11) is 0. The second kappa shape index (κ2) is 6.82.